The van der Waals surface area contributed by atoms with Crippen molar-refractivity contribution in [3.63, 3.8) is 0 Å². The van der Waals surface area contributed by atoms with Crippen molar-refractivity contribution in [1.29, 1.82) is 0 Å². The van der Waals surface area contributed by atoms with Crippen LogP contribution in [0.3, 0.4) is 0 Å². The number of carboxylic acids is 1. The third kappa shape index (κ3) is 3.22. The SMILES string of the molecule is NC[C@H](NC(=O)c1ccc(Cl)cc1)C(=O)O. The number of amides is 1. The average Bonchev–Trinajstić information content (AvgIpc) is 2.26. The van der Waals surface area contributed by atoms with E-state index in [0.29, 0.717) is 10.6 Å². The van der Waals surface area contributed by atoms with Crippen LogP contribution in [0.2, 0.25) is 5.02 Å². The summed E-state index contributed by atoms with van der Waals surface area (Å²) in [7, 11) is 0. The second kappa shape index (κ2) is 5.48. The van der Waals surface area contributed by atoms with Crippen LogP contribution >= 0.6 is 11.6 Å². The number of halogens is 1. The maximum Gasteiger partial charge on any atom is 0.327 e. The number of carbonyl (C=O) groups is 2. The molecule has 0 unspecified atom stereocenters. The zero-order valence-electron chi connectivity index (χ0n) is 8.31. The molecule has 6 heteroatoms. The van der Waals surface area contributed by atoms with Crippen LogP contribution in [-0.2, 0) is 4.79 Å². The number of carbonyl (C=O) groups excluding carboxylic acids is 1. The standard InChI is InChI=1S/C10H11ClN2O3/c11-7-3-1-6(2-4-7)9(14)13-8(5-12)10(15)16/h1-4,8H,5,12H2,(H,13,14)(H,15,16)/t8-/m0/s1. The average molecular weight is 243 g/mol. The molecule has 0 fully saturated rings. The van der Waals surface area contributed by atoms with Crippen molar-refractivity contribution in [2.24, 2.45) is 5.73 Å². The Bertz CT molecular complexity index is 392. The third-order valence-corrected chi connectivity index (χ3v) is 2.20. The number of nitrogens with one attached hydrogen (secondary N) is 1. The molecule has 16 heavy (non-hydrogen) atoms. The van der Waals surface area contributed by atoms with Crippen LogP contribution in [0.4, 0.5) is 0 Å². The normalized spacial score (nSPS) is 11.9. The molecule has 0 aliphatic heterocycles. The van der Waals surface area contributed by atoms with Gasteiger partial charge in [-0.25, -0.2) is 4.79 Å². The van der Waals surface area contributed by atoms with Crippen LogP contribution in [0.1, 0.15) is 10.4 Å². The molecule has 0 spiro atoms. The number of benzene rings is 1. The van der Waals surface area contributed by atoms with Crippen LogP contribution in [-0.4, -0.2) is 29.6 Å². The highest BCUT2D eigenvalue weighted by atomic mass is 35.5. The molecular weight excluding hydrogens is 232 g/mol. The second-order valence-electron chi connectivity index (χ2n) is 3.11. The predicted molar refractivity (Wildman–Crippen MR) is 59.4 cm³/mol. The van der Waals surface area contributed by atoms with Crippen molar-refractivity contribution >= 4 is 23.5 Å². The summed E-state index contributed by atoms with van der Waals surface area (Å²) in [6.45, 7) is -0.158. The van der Waals surface area contributed by atoms with E-state index in [1.807, 2.05) is 0 Å². The third-order valence-electron chi connectivity index (χ3n) is 1.95. The summed E-state index contributed by atoms with van der Waals surface area (Å²) >= 11 is 5.65. The molecule has 0 heterocycles. The lowest BCUT2D eigenvalue weighted by Gasteiger charge is -2.11. The van der Waals surface area contributed by atoms with E-state index in [9.17, 15) is 9.59 Å². The van der Waals surface area contributed by atoms with Crippen molar-refractivity contribution in [2.45, 2.75) is 6.04 Å². The molecule has 1 rings (SSSR count). The Kier molecular flexibility index (Phi) is 4.28. The zero-order chi connectivity index (χ0) is 12.1. The van der Waals surface area contributed by atoms with Gasteiger partial charge in [0.1, 0.15) is 6.04 Å². The first-order valence-electron chi connectivity index (χ1n) is 4.54. The molecule has 0 aliphatic rings. The molecule has 0 bridgehead atoms. The van der Waals surface area contributed by atoms with Gasteiger partial charge in [0.15, 0.2) is 0 Å². The fraction of sp³-hybridized carbons (Fsp3) is 0.200. The van der Waals surface area contributed by atoms with E-state index < -0.39 is 17.9 Å². The molecule has 4 N–H and O–H groups in total. The Hall–Kier alpha value is -1.59. The maximum absolute atomic E-state index is 11.6. The Labute approximate surface area is 97.2 Å². The van der Waals surface area contributed by atoms with Gasteiger partial charge in [-0.1, -0.05) is 11.6 Å². The molecular formula is C10H11ClN2O3. The van der Waals surface area contributed by atoms with E-state index in [-0.39, 0.29) is 6.54 Å². The molecule has 5 nitrogen and oxygen atoms in total. The van der Waals surface area contributed by atoms with Crippen molar-refractivity contribution < 1.29 is 14.7 Å². The molecule has 0 aliphatic carbocycles. The molecule has 86 valence electrons. The van der Waals surface area contributed by atoms with E-state index >= 15 is 0 Å². The van der Waals surface area contributed by atoms with Gasteiger partial charge in [-0.05, 0) is 24.3 Å². The van der Waals surface area contributed by atoms with Gasteiger partial charge in [-0.15, -0.1) is 0 Å². The summed E-state index contributed by atoms with van der Waals surface area (Å²) < 4.78 is 0. The fourth-order valence-corrected chi connectivity index (χ4v) is 1.19. The van der Waals surface area contributed by atoms with Gasteiger partial charge in [-0.3, -0.25) is 4.79 Å². The number of carboxylic acid groups (broad SMARTS) is 1. The zero-order valence-corrected chi connectivity index (χ0v) is 9.07. The smallest absolute Gasteiger partial charge is 0.327 e. The van der Waals surface area contributed by atoms with Crippen molar-refractivity contribution in [1.82, 2.24) is 5.32 Å². The Morgan fingerprint density at radius 2 is 1.94 bits per heavy atom. The molecule has 0 saturated carbocycles. The monoisotopic (exact) mass is 242 g/mol. The highest BCUT2D eigenvalue weighted by Crippen LogP contribution is 2.09. The van der Waals surface area contributed by atoms with E-state index in [1.165, 1.54) is 12.1 Å². The first-order valence-corrected chi connectivity index (χ1v) is 4.91. The second-order valence-corrected chi connectivity index (χ2v) is 3.54. The van der Waals surface area contributed by atoms with Crippen LogP contribution < -0.4 is 11.1 Å². The van der Waals surface area contributed by atoms with Gasteiger partial charge in [0.25, 0.3) is 5.91 Å². The van der Waals surface area contributed by atoms with E-state index in [1.54, 1.807) is 12.1 Å². The fourth-order valence-electron chi connectivity index (χ4n) is 1.06. The van der Waals surface area contributed by atoms with Crippen LogP contribution in [0, 0.1) is 0 Å². The van der Waals surface area contributed by atoms with E-state index in [0.717, 1.165) is 0 Å². The van der Waals surface area contributed by atoms with Gasteiger partial charge in [0.05, 0.1) is 0 Å². The molecule has 1 aromatic carbocycles. The lowest BCUT2D eigenvalue weighted by molar-refractivity contribution is -0.138. The minimum atomic E-state index is -1.16. The van der Waals surface area contributed by atoms with Gasteiger partial charge in [0, 0.05) is 17.1 Å². The number of aliphatic carboxylic acids is 1. The summed E-state index contributed by atoms with van der Waals surface area (Å²) in [5.74, 6) is -1.65. The highest BCUT2D eigenvalue weighted by Gasteiger charge is 2.18. The molecule has 0 saturated heterocycles. The Morgan fingerprint density at radius 3 is 2.38 bits per heavy atom. The summed E-state index contributed by atoms with van der Waals surface area (Å²) in [5, 5.41) is 11.5. The van der Waals surface area contributed by atoms with Crippen molar-refractivity contribution in [3.05, 3.63) is 34.9 Å². The lowest BCUT2D eigenvalue weighted by Crippen LogP contribution is -2.45. The largest absolute Gasteiger partial charge is 0.480 e. The van der Waals surface area contributed by atoms with Gasteiger partial charge in [-0.2, -0.15) is 0 Å². The Balaban J connectivity index is 2.71. The predicted octanol–water partition coefficient (Wildman–Crippen LogP) is 0.482. The first kappa shape index (κ1) is 12.5. The topological polar surface area (TPSA) is 92.4 Å². The number of hydrogen-bond acceptors (Lipinski definition) is 3. The summed E-state index contributed by atoms with van der Waals surface area (Å²) in [4.78, 5) is 22.2. The molecule has 1 atom stereocenters. The van der Waals surface area contributed by atoms with Gasteiger partial charge >= 0.3 is 5.97 Å². The number of hydrogen-bond donors (Lipinski definition) is 3. The minimum absolute atomic E-state index is 0.158. The highest BCUT2D eigenvalue weighted by molar-refractivity contribution is 6.30. The molecule has 0 aromatic heterocycles. The number of rotatable bonds is 4. The van der Waals surface area contributed by atoms with Crippen molar-refractivity contribution in [2.75, 3.05) is 6.54 Å². The van der Waals surface area contributed by atoms with Gasteiger partial charge < -0.3 is 16.2 Å². The molecule has 1 amide bonds. The molecule has 1 aromatic rings. The lowest BCUT2D eigenvalue weighted by atomic mass is 10.2. The maximum atomic E-state index is 11.6. The quantitative estimate of drug-likeness (QED) is 0.716. The van der Waals surface area contributed by atoms with Gasteiger partial charge in [0.2, 0.25) is 0 Å². The Morgan fingerprint density at radius 1 is 1.38 bits per heavy atom. The minimum Gasteiger partial charge on any atom is -0.480 e. The number of nitrogens with two attached hydrogens (primary N) is 1. The van der Waals surface area contributed by atoms with Crippen LogP contribution in [0.5, 0.6) is 0 Å². The molecule has 0 radical (unpaired) electrons. The summed E-state index contributed by atoms with van der Waals surface area (Å²) in [6.07, 6.45) is 0. The first-order chi connectivity index (χ1) is 7.54. The van der Waals surface area contributed by atoms with Crippen LogP contribution in [0.25, 0.3) is 0 Å². The summed E-state index contributed by atoms with van der Waals surface area (Å²) in [6, 6.07) is 5.03. The van der Waals surface area contributed by atoms with Crippen molar-refractivity contribution in [3.8, 4) is 0 Å². The van der Waals surface area contributed by atoms with Crippen LogP contribution in [0.15, 0.2) is 24.3 Å². The summed E-state index contributed by atoms with van der Waals surface area (Å²) in [5.41, 5.74) is 5.54. The van der Waals surface area contributed by atoms with E-state index in [2.05, 4.69) is 5.32 Å². The van der Waals surface area contributed by atoms with E-state index in [4.69, 9.17) is 22.4 Å².